The molecule has 0 saturated carbocycles. The van der Waals surface area contributed by atoms with Gasteiger partial charge in [0.15, 0.2) is 0 Å². The summed E-state index contributed by atoms with van der Waals surface area (Å²) in [6.45, 7) is 1.45. The number of fused-ring (bicyclic) bond motifs is 1. The fourth-order valence-corrected chi connectivity index (χ4v) is 4.68. The van der Waals surface area contributed by atoms with Crippen molar-refractivity contribution in [2.24, 2.45) is 0 Å². The number of amides is 1. The van der Waals surface area contributed by atoms with E-state index in [1.165, 1.54) is 18.2 Å². The number of carbonyl (C=O) groups is 1. The SMILES string of the molecule is CN(C)CCCn1c2c(c(SCC(=O)Nc3ccccc3C(F)(F)F)nc1=O)CCCC2. The molecule has 6 nitrogen and oxygen atoms in total. The van der Waals surface area contributed by atoms with Crippen LogP contribution in [0.5, 0.6) is 0 Å². The summed E-state index contributed by atoms with van der Waals surface area (Å²) in [6.07, 6.45) is -0.208. The summed E-state index contributed by atoms with van der Waals surface area (Å²) in [5, 5.41) is 2.84. The smallest absolute Gasteiger partial charge is 0.325 e. The average molecular weight is 469 g/mol. The molecule has 0 fully saturated rings. The van der Waals surface area contributed by atoms with Gasteiger partial charge in [-0.3, -0.25) is 9.36 Å². The van der Waals surface area contributed by atoms with E-state index in [-0.39, 0.29) is 17.1 Å². The zero-order chi connectivity index (χ0) is 23.3. The van der Waals surface area contributed by atoms with Gasteiger partial charge in [0.05, 0.1) is 17.0 Å². The molecular formula is C22H27F3N4O2S. The van der Waals surface area contributed by atoms with E-state index in [2.05, 4.69) is 15.2 Å². The van der Waals surface area contributed by atoms with Gasteiger partial charge in [-0.25, -0.2) is 4.79 Å². The van der Waals surface area contributed by atoms with Gasteiger partial charge in [0.1, 0.15) is 5.03 Å². The number of para-hydroxylation sites is 1. The van der Waals surface area contributed by atoms with E-state index in [1.54, 1.807) is 4.57 Å². The van der Waals surface area contributed by atoms with Crippen molar-refractivity contribution in [3.63, 3.8) is 0 Å². The topological polar surface area (TPSA) is 67.2 Å². The largest absolute Gasteiger partial charge is 0.418 e. The van der Waals surface area contributed by atoms with E-state index < -0.39 is 17.6 Å². The van der Waals surface area contributed by atoms with Crippen molar-refractivity contribution in [1.82, 2.24) is 14.5 Å². The van der Waals surface area contributed by atoms with Crippen molar-refractivity contribution in [2.75, 3.05) is 31.7 Å². The van der Waals surface area contributed by atoms with Crippen LogP contribution in [0.15, 0.2) is 34.1 Å². The van der Waals surface area contributed by atoms with Crippen LogP contribution in [0.2, 0.25) is 0 Å². The first-order chi connectivity index (χ1) is 15.2. The van der Waals surface area contributed by atoms with Crippen molar-refractivity contribution in [2.45, 2.75) is 49.9 Å². The highest BCUT2D eigenvalue weighted by molar-refractivity contribution is 8.00. The predicted octanol–water partition coefficient (Wildman–Crippen LogP) is 3.82. The molecule has 1 aromatic heterocycles. The minimum atomic E-state index is -4.56. The second-order valence-corrected chi connectivity index (χ2v) is 8.98. The maximum atomic E-state index is 13.1. The number of hydrogen-bond acceptors (Lipinski definition) is 5. The fourth-order valence-electron chi connectivity index (χ4n) is 3.80. The summed E-state index contributed by atoms with van der Waals surface area (Å²) in [5.41, 5.74) is 0.440. The van der Waals surface area contributed by atoms with Crippen LogP contribution in [-0.4, -0.2) is 46.8 Å². The number of rotatable bonds is 8. The number of alkyl halides is 3. The molecule has 0 spiro atoms. The molecule has 10 heteroatoms. The minimum absolute atomic E-state index is 0.129. The van der Waals surface area contributed by atoms with Crippen LogP contribution in [0.25, 0.3) is 0 Å². The molecule has 32 heavy (non-hydrogen) atoms. The highest BCUT2D eigenvalue weighted by Gasteiger charge is 2.33. The lowest BCUT2D eigenvalue weighted by molar-refractivity contribution is -0.137. The Kier molecular flexibility index (Phi) is 8.00. The lowest BCUT2D eigenvalue weighted by Crippen LogP contribution is -2.31. The van der Waals surface area contributed by atoms with E-state index in [0.29, 0.717) is 11.6 Å². The second-order valence-electron chi connectivity index (χ2n) is 8.02. The lowest BCUT2D eigenvalue weighted by Gasteiger charge is -2.23. The highest BCUT2D eigenvalue weighted by Crippen LogP contribution is 2.35. The number of halogens is 3. The van der Waals surface area contributed by atoms with Gasteiger partial charge >= 0.3 is 11.9 Å². The van der Waals surface area contributed by atoms with Crippen LogP contribution in [0, 0.1) is 0 Å². The quantitative estimate of drug-likeness (QED) is 0.471. The van der Waals surface area contributed by atoms with Crippen molar-refractivity contribution in [3.8, 4) is 0 Å². The molecule has 1 amide bonds. The van der Waals surface area contributed by atoms with Gasteiger partial charge in [-0.2, -0.15) is 18.2 Å². The van der Waals surface area contributed by atoms with Crippen molar-refractivity contribution in [3.05, 3.63) is 51.6 Å². The third-order valence-corrected chi connectivity index (χ3v) is 6.30. The Morgan fingerprint density at radius 1 is 1.22 bits per heavy atom. The molecule has 1 aliphatic rings. The molecule has 0 bridgehead atoms. The molecule has 0 saturated heterocycles. The molecule has 0 atom stereocenters. The maximum absolute atomic E-state index is 13.1. The molecule has 1 N–H and O–H groups in total. The van der Waals surface area contributed by atoms with E-state index in [1.807, 2.05) is 14.1 Å². The number of thioether (sulfide) groups is 1. The Hall–Kier alpha value is -2.33. The predicted molar refractivity (Wildman–Crippen MR) is 119 cm³/mol. The van der Waals surface area contributed by atoms with Crippen molar-refractivity contribution in [1.29, 1.82) is 0 Å². The summed E-state index contributed by atoms with van der Waals surface area (Å²) < 4.78 is 41.2. The molecule has 174 valence electrons. The number of nitrogens with one attached hydrogen (secondary N) is 1. The summed E-state index contributed by atoms with van der Waals surface area (Å²) in [6, 6.07) is 4.86. The number of nitrogens with zero attached hydrogens (tertiary/aromatic N) is 3. The summed E-state index contributed by atoms with van der Waals surface area (Å²) in [5.74, 6) is -0.705. The van der Waals surface area contributed by atoms with Gasteiger partial charge in [-0.05, 0) is 64.9 Å². The number of anilines is 1. The highest BCUT2D eigenvalue weighted by atomic mass is 32.2. The Morgan fingerprint density at radius 3 is 2.66 bits per heavy atom. The Labute approximate surface area is 189 Å². The molecule has 0 radical (unpaired) electrons. The van der Waals surface area contributed by atoms with Gasteiger partial charge in [0.25, 0.3) is 0 Å². The number of hydrogen-bond donors (Lipinski definition) is 1. The fraction of sp³-hybridized carbons (Fsp3) is 0.500. The van der Waals surface area contributed by atoms with Gasteiger partial charge in [0, 0.05) is 17.8 Å². The van der Waals surface area contributed by atoms with Crippen LogP contribution in [0.4, 0.5) is 18.9 Å². The van der Waals surface area contributed by atoms with E-state index in [4.69, 9.17) is 0 Å². The maximum Gasteiger partial charge on any atom is 0.418 e. The van der Waals surface area contributed by atoms with Gasteiger partial charge in [-0.15, -0.1) is 0 Å². The third kappa shape index (κ3) is 6.13. The monoisotopic (exact) mass is 468 g/mol. The Balaban J connectivity index is 1.74. The van der Waals surface area contributed by atoms with Crippen LogP contribution < -0.4 is 11.0 Å². The molecule has 3 rings (SSSR count). The first-order valence-electron chi connectivity index (χ1n) is 10.5. The van der Waals surface area contributed by atoms with Crippen LogP contribution >= 0.6 is 11.8 Å². The second kappa shape index (κ2) is 10.5. The molecule has 0 aliphatic heterocycles. The Morgan fingerprint density at radius 2 is 1.94 bits per heavy atom. The normalized spacial score (nSPS) is 13.8. The van der Waals surface area contributed by atoms with Crippen molar-refractivity contribution < 1.29 is 18.0 Å². The summed E-state index contributed by atoms with van der Waals surface area (Å²) in [7, 11) is 3.96. The van der Waals surface area contributed by atoms with Crippen molar-refractivity contribution >= 4 is 23.4 Å². The molecule has 0 unspecified atom stereocenters. The molecule has 1 aliphatic carbocycles. The lowest BCUT2D eigenvalue weighted by atomic mass is 9.97. The zero-order valence-electron chi connectivity index (χ0n) is 18.2. The zero-order valence-corrected chi connectivity index (χ0v) is 19.0. The average Bonchev–Trinajstić information content (AvgIpc) is 2.73. The van der Waals surface area contributed by atoms with Gasteiger partial charge in [0.2, 0.25) is 5.91 Å². The number of aromatic nitrogens is 2. The first kappa shape index (κ1) is 24.3. The summed E-state index contributed by atoms with van der Waals surface area (Å²) >= 11 is 1.10. The van der Waals surface area contributed by atoms with E-state index >= 15 is 0 Å². The summed E-state index contributed by atoms with van der Waals surface area (Å²) in [4.78, 5) is 31.3. The van der Waals surface area contributed by atoms with E-state index in [9.17, 15) is 22.8 Å². The molecule has 1 aromatic carbocycles. The minimum Gasteiger partial charge on any atom is -0.325 e. The molecule has 1 heterocycles. The van der Waals surface area contributed by atoms with E-state index in [0.717, 1.165) is 67.7 Å². The standard InChI is InChI=1S/C22H27F3N4O2S/c1-28(2)12-7-13-29-18-11-6-3-8-15(18)20(27-21(29)31)32-14-19(30)26-17-10-5-4-9-16(17)22(23,24)25/h4-5,9-10H,3,6-8,11-14H2,1-2H3,(H,26,30). The number of carbonyl (C=O) groups excluding carboxylic acids is 1. The molecule has 2 aromatic rings. The molecular weight excluding hydrogens is 441 g/mol. The van der Waals surface area contributed by atoms with Crippen LogP contribution in [-0.2, 0) is 30.4 Å². The van der Waals surface area contributed by atoms with Gasteiger partial charge in [-0.1, -0.05) is 23.9 Å². The first-order valence-corrected chi connectivity index (χ1v) is 11.5. The third-order valence-electron chi connectivity index (χ3n) is 5.28. The van der Waals surface area contributed by atoms with Gasteiger partial charge < -0.3 is 10.2 Å². The Bertz CT molecular complexity index is 1020. The van der Waals surface area contributed by atoms with Crippen LogP contribution in [0.3, 0.4) is 0 Å². The van der Waals surface area contributed by atoms with Crippen LogP contribution in [0.1, 0.15) is 36.1 Å². The number of benzene rings is 1.